The quantitative estimate of drug-likeness (QED) is 0.825. The van der Waals surface area contributed by atoms with E-state index in [9.17, 15) is 9.90 Å². The molecule has 154 valence electrons. The fourth-order valence-corrected chi connectivity index (χ4v) is 4.43. The van der Waals surface area contributed by atoms with Gasteiger partial charge in [-0.15, -0.1) is 0 Å². The van der Waals surface area contributed by atoms with Crippen LogP contribution in [0.25, 0.3) is 0 Å². The summed E-state index contributed by atoms with van der Waals surface area (Å²) in [4.78, 5) is 21.2. The summed E-state index contributed by atoms with van der Waals surface area (Å²) < 4.78 is 0. The molecule has 2 aromatic rings. The van der Waals surface area contributed by atoms with Crippen LogP contribution in [0.2, 0.25) is 0 Å². The van der Waals surface area contributed by atoms with Crippen LogP contribution in [0, 0.1) is 5.92 Å². The van der Waals surface area contributed by atoms with Gasteiger partial charge in [-0.2, -0.15) is 0 Å². The number of aliphatic hydroxyl groups excluding tert-OH is 1. The van der Waals surface area contributed by atoms with Crippen LogP contribution in [0.4, 0.5) is 17.2 Å². The number of carbonyl (C=O) groups excluding carboxylic acids is 1. The molecule has 1 fully saturated rings. The van der Waals surface area contributed by atoms with Crippen LogP contribution >= 0.6 is 0 Å². The molecule has 0 radical (unpaired) electrons. The SMILES string of the molecule is CC(=O)N1c2ccc(N3CCCCCC3)nc2[C@H](Nc2ccccc2)[C@@H](C)[C@@H]1O. The number of rotatable bonds is 3. The average Bonchev–Trinajstić information content (AvgIpc) is 3.01. The summed E-state index contributed by atoms with van der Waals surface area (Å²) in [5.41, 5.74) is 2.49. The van der Waals surface area contributed by atoms with Crippen molar-refractivity contribution in [3.8, 4) is 0 Å². The second kappa shape index (κ2) is 8.41. The molecule has 4 rings (SSSR count). The van der Waals surface area contributed by atoms with E-state index in [1.807, 2.05) is 49.4 Å². The maximum Gasteiger partial charge on any atom is 0.226 e. The van der Waals surface area contributed by atoms with Crippen LogP contribution in [0.5, 0.6) is 0 Å². The number of amides is 1. The number of aromatic nitrogens is 1. The van der Waals surface area contributed by atoms with E-state index >= 15 is 0 Å². The van der Waals surface area contributed by atoms with Crippen LogP contribution in [-0.4, -0.2) is 35.3 Å². The first-order chi connectivity index (χ1) is 14.1. The minimum absolute atomic E-state index is 0.173. The number of pyridine rings is 1. The number of hydrogen-bond donors (Lipinski definition) is 2. The highest BCUT2D eigenvalue weighted by atomic mass is 16.3. The topological polar surface area (TPSA) is 68.7 Å². The zero-order chi connectivity index (χ0) is 20.4. The molecule has 6 heteroatoms. The molecule has 0 spiro atoms. The van der Waals surface area contributed by atoms with Crippen molar-refractivity contribution >= 4 is 23.1 Å². The Balaban J connectivity index is 1.75. The Morgan fingerprint density at radius 2 is 1.76 bits per heavy atom. The average molecular weight is 395 g/mol. The molecule has 29 heavy (non-hydrogen) atoms. The lowest BCUT2D eigenvalue weighted by molar-refractivity contribution is -0.119. The highest BCUT2D eigenvalue weighted by molar-refractivity contribution is 5.93. The second-order valence-electron chi connectivity index (χ2n) is 8.12. The number of aliphatic hydroxyl groups is 1. The van der Waals surface area contributed by atoms with E-state index in [1.165, 1.54) is 37.5 Å². The van der Waals surface area contributed by atoms with Crippen molar-refractivity contribution in [2.75, 3.05) is 28.2 Å². The summed E-state index contributed by atoms with van der Waals surface area (Å²) in [5.74, 6) is 0.573. The molecule has 0 saturated carbocycles. The summed E-state index contributed by atoms with van der Waals surface area (Å²) in [7, 11) is 0. The summed E-state index contributed by atoms with van der Waals surface area (Å²) >= 11 is 0. The lowest BCUT2D eigenvalue weighted by atomic mass is 9.89. The Labute approximate surface area is 172 Å². The van der Waals surface area contributed by atoms with Crippen molar-refractivity contribution in [2.45, 2.75) is 51.8 Å². The normalized spacial score (nSPS) is 24.6. The summed E-state index contributed by atoms with van der Waals surface area (Å²) in [5, 5.41) is 14.4. The first-order valence-corrected chi connectivity index (χ1v) is 10.6. The van der Waals surface area contributed by atoms with E-state index < -0.39 is 6.23 Å². The number of nitrogens with one attached hydrogen (secondary N) is 1. The lowest BCUT2D eigenvalue weighted by Crippen LogP contribution is -2.50. The van der Waals surface area contributed by atoms with E-state index in [0.29, 0.717) is 5.69 Å². The van der Waals surface area contributed by atoms with Gasteiger partial charge in [0, 0.05) is 31.6 Å². The molecule has 0 bridgehead atoms. The molecule has 1 saturated heterocycles. The molecule has 1 aromatic heterocycles. The van der Waals surface area contributed by atoms with Crippen LogP contribution in [0.3, 0.4) is 0 Å². The molecule has 1 amide bonds. The van der Waals surface area contributed by atoms with E-state index in [-0.39, 0.29) is 17.9 Å². The Morgan fingerprint density at radius 1 is 1.07 bits per heavy atom. The van der Waals surface area contributed by atoms with Crippen molar-refractivity contribution in [1.29, 1.82) is 0 Å². The Kier molecular flexibility index (Phi) is 5.72. The van der Waals surface area contributed by atoms with Crippen molar-refractivity contribution < 1.29 is 9.90 Å². The number of carbonyl (C=O) groups is 1. The van der Waals surface area contributed by atoms with Gasteiger partial charge < -0.3 is 15.3 Å². The van der Waals surface area contributed by atoms with Crippen LogP contribution < -0.4 is 15.1 Å². The summed E-state index contributed by atoms with van der Waals surface area (Å²) in [6.45, 7) is 5.48. The third-order valence-electron chi connectivity index (χ3n) is 6.07. The van der Waals surface area contributed by atoms with Crippen LogP contribution in [-0.2, 0) is 4.79 Å². The molecule has 2 N–H and O–H groups in total. The molecular weight excluding hydrogens is 364 g/mol. The molecule has 2 aliphatic heterocycles. The Hall–Kier alpha value is -2.60. The lowest BCUT2D eigenvalue weighted by Gasteiger charge is -2.42. The molecule has 2 aliphatic rings. The van der Waals surface area contributed by atoms with Gasteiger partial charge >= 0.3 is 0 Å². The monoisotopic (exact) mass is 394 g/mol. The van der Waals surface area contributed by atoms with Crippen LogP contribution in [0.15, 0.2) is 42.5 Å². The third kappa shape index (κ3) is 3.94. The largest absolute Gasteiger partial charge is 0.376 e. The maximum atomic E-state index is 12.3. The maximum absolute atomic E-state index is 12.3. The highest BCUT2D eigenvalue weighted by Gasteiger charge is 2.41. The Bertz CT molecular complexity index is 849. The standard InChI is InChI=1S/C23H30N4O2/c1-16-21(24-18-10-6-5-7-11-18)22-19(27(17(2)28)23(16)29)12-13-20(25-22)26-14-8-3-4-9-15-26/h5-7,10-13,16,21,23-24,29H,3-4,8-9,14-15H2,1-2H3/t16-,21-,23+/m1/s1. The fraction of sp³-hybridized carbons (Fsp3) is 0.478. The predicted octanol–water partition coefficient (Wildman–Crippen LogP) is 3.94. The van der Waals surface area contributed by atoms with Gasteiger partial charge in [-0.05, 0) is 37.1 Å². The molecule has 3 atom stereocenters. The molecular formula is C23H30N4O2. The van der Waals surface area contributed by atoms with Crippen molar-refractivity contribution in [3.63, 3.8) is 0 Å². The molecule has 0 aliphatic carbocycles. The Morgan fingerprint density at radius 3 is 2.41 bits per heavy atom. The second-order valence-corrected chi connectivity index (χ2v) is 8.12. The van der Waals surface area contributed by atoms with Gasteiger partial charge in [-0.1, -0.05) is 38.0 Å². The van der Waals surface area contributed by atoms with Gasteiger partial charge in [-0.3, -0.25) is 9.69 Å². The zero-order valence-corrected chi connectivity index (χ0v) is 17.2. The van der Waals surface area contributed by atoms with E-state index in [4.69, 9.17) is 4.98 Å². The van der Waals surface area contributed by atoms with E-state index in [1.54, 1.807) is 0 Å². The number of benzene rings is 1. The van der Waals surface area contributed by atoms with Gasteiger partial charge in [0.15, 0.2) is 0 Å². The molecule has 1 aromatic carbocycles. The number of anilines is 3. The first kappa shape index (κ1) is 19.7. The third-order valence-corrected chi connectivity index (χ3v) is 6.07. The zero-order valence-electron chi connectivity index (χ0n) is 17.2. The van der Waals surface area contributed by atoms with Gasteiger partial charge in [0.2, 0.25) is 5.91 Å². The van der Waals surface area contributed by atoms with Crippen LogP contribution in [0.1, 0.15) is 51.3 Å². The van der Waals surface area contributed by atoms with Crippen molar-refractivity contribution in [3.05, 3.63) is 48.2 Å². The van der Waals surface area contributed by atoms with Crippen molar-refractivity contribution in [1.82, 2.24) is 4.98 Å². The van der Waals surface area contributed by atoms with Gasteiger partial charge in [0.1, 0.15) is 12.0 Å². The van der Waals surface area contributed by atoms with Gasteiger partial charge in [0.05, 0.1) is 17.4 Å². The van der Waals surface area contributed by atoms with E-state index in [2.05, 4.69) is 10.2 Å². The van der Waals surface area contributed by atoms with Gasteiger partial charge in [-0.25, -0.2) is 4.98 Å². The van der Waals surface area contributed by atoms with E-state index in [0.717, 1.165) is 30.3 Å². The fourth-order valence-electron chi connectivity index (χ4n) is 4.43. The number of hydrogen-bond acceptors (Lipinski definition) is 5. The first-order valence-electron chi connectivity index (χ1n) is 10.6. The molecule has 3 heterocycles. The number of para-hydroxylation sites is 1. The molecule has 6 nitrogen and oxygen atoms in total. The summed E-state index contributed by atoms with van der Waals surface area (Å²) in [6, 6.07) is 13.7. The highest BCUT2D eigenvalue weighted by Crippen LogP contribution is 2.41. The van der Waals surface area contributed by atoms with Crippen molar-refractivity contribution in [2.24, 2.45) is 5.92 Å². The van der Waals surface area contributed by atoms with Gasteiger partial charge in [0.25, 0.3) is 0 Å². The summed E-state index contributed by atoms with van der Waals surface area (Å²) in [6.07, 6.45) is 3.99. The number of nitrogens with zero attached hydrogens (tertiary/aromatic N) is 3. The molecule has 0 unspecified atom stereocenters. The number of fused-ring (bicyclic) bond motifs is 1. The minimum Gasteiger partial charge on any atom is -0.376 e. The smallest absolute Gasteiger partial charge is 0.226 e. The minimum atomic E-state index is -0.896. The predicted molar refractivity (Wildman–Crippen MR) is 116 cm³/mol.